The largest absolute Gasteiger partial charge is 0.506 e. The van der Waals surface area contributed by atoms with Crippen molar-refractivity contribution in [1.82, 2.24) is 0 Å². The van der Waals surface area contributed by atoms with Gasteiger partial charge < -0.3 is 31.2 Å². The van der Waals surface area contributed by atoms with Crippen LogP contribution in [0.4, 0.5) is 11.4 Å². The van der Waals surface area contributed by atoms with E-state index in [9.17, 15) is 10.2 Å². The summed E-state index contributed by atoms with van der Waals surface area (Å²) in [6, 6.07) is 57.3. The van der Waals surface area contributed by atoms with Crippen molar-refractivity contribution in [3.63, 3.8) is 0 Å². The van der Waals surface area contributed by atoms with Gasteiger partial charge in [0.25, 0.3) is 0 Å². The van der Waals surface area contributed by atoms with Gasteiger partial charge in [-0.3, -0.25) is 0 Å². The molecule has 0 aliphatic heterocycles. The van der Waals surface area contributed by atoms with Gasteiger partial charge in [-0.2, -0.15) is 0 Å². The lowest BCUT2D eigenvalue weighted by Gasteiger charge is -2.35. The van der Waals surface area contributed by atoms with Crippen LogP contribution < -0.4 is 20.9 Å². The van der Waals surface area contributed by atoms with Crippen LogP contribution in [0.25, 0.3) is 33.4 Å². The maximum absolute atomic E-state index is 9.99. The van der Waals surface area contributed by atoms with Crippen LogP contribution in [0, 0.1) is 12.3 Å². The molecule has 0 saturated carbocycles. The number of phenols is 2. The van der Waals surface area contributed by atoms with Crippen LogP contribution in [0.3, 0.4) is 0 Å². The third-order valence-corrected chi connectivity index (χ3v) is 10.7. The minimum absolute atomic E-state index is 0.00381. The highest BCUT2D eigenvalue weighted by atomic mass is 16.5. The van der Waals surface area contributed by atoms with E-state index >= 15 is 0 Å². The number of terminal acetylenes is 1. The Kier molecular flexibility index (Phi) is 8.61. The molecule has 0 unspecified atom stereocenters. The van der Waals surface area contributed by atoms with E-state index in [1.807, 2.05) is 36.4 Å². The molecule has 0 bridgehead atoms. The van der Waals surface area contributed by atoms with Crippen molar-refractivity contribution in [2.24, 2.45) is 0 Å². The lowest BCUT2D eigenvalue weighted by Crippen LogP contribution is -2.29. The number of rotatable bonds is 8. The number of nitrogen functional groups attached to an aromatic ring is 2. The zero-order valence-corrected chi connectivity index (χ0v) is 30.7. The standard InChI is InChI=1S/C51H36N2O4/c1-2-32-16-27-42(34-12-7-4-8-13-34)49-48-41(33-10-5-3-6-11-33)14-9-15-43(48)51(50(32)49,35-17-21-37(22-18-35)56-39-25-28-46(54)44(52)30-39)36-19-23-38(24-20-36)57-40-26-29-47(55)45(53)31-40/h1,3-31,54-55H,52-53H2. The predicted molar refractivity (Wildman–Crippen MR) is 228 cm³/mol. The Hall–Kier alpha value is -7.88. The normalized spacial score (nSPS) is 12.3. The molecule has 0 spiro atoms. The smallest absolute Gasteiger partial charge is 0.138 e. The number of benzene rings is 8. The number of aromatic hydroxyl groups is 2. The van der Waals surface area contributed by atoms with Gasteiger partial charge in [-0.05, 0) is 110 Å². The van der Waals surface area contributed by atoms with Crippen LogP contribution in [0.5, 0.6) is 34.5 Å². The summed E-state index contributed by atoms with van der Waals surface area (Å²) >= 11 is 0. The molecule has 0 atom stereocenters. The van der Waals surface area contributed by atoms with Gasteiger partial charge in [0.1, 0.15) is 34.5 Å². The van der Waals surface area contributed by atoms with Gasteiger partial charge in [-0.1, -0.05) is 115 Å². The quantitative estimate of drug-likeness (QED) is 0.0701. The van der Waals surface area contributed by atoms with Crippen molar-refractivity contribution < 1.29 is 19.7 Å². The zero-order valence-electron chi connectivity index (χ0n) is 30.7. The summed E-state index contributed by atoms with van der Waals surface area (Å²) < 4.78 is 12.5. The molecule has 8 aromatic rings. The van der Waals surface area contributed by atoms with Crippen LogP contribution in [-0.4, -0.2) is 10.2 Å². The summed E-state index contributed by atoms with van der Waals surface area (Å²) in [6.07, 6.45) is 6.49. The van der Waals surface area contributed by atoms with E-state index in [0.717, 1.165) is 61.2 Å². The Morgan fingerprint density at radius 3 is 1.42 bits per heavy atom. The molecule has 0 fully saturated rings. The van der Waals surface area contributed by atoms with E-state index in [0.29, 0.717) is 23.0 Å². The first-order chi connectivity index (χ1) is 27.8. The molecule has 8 aromatic carbocycles. The van der Waals surface area contributed by atoms with Crippen molar-refractivity contribution in [1.29, 1.82) is 0 Å². The molecule has 9 rings (SSSR count). The van der Waals surface area contributed by atoms with E-state index in [2.05, 4.69) is 109 Å². The van der Waals surface area contributed by atoms with Crippen molar-refractivity contribution in [3.05, 3.63) is 204 Å². The molecule has 1 aliphatic rings. The topological polar surface area (TPSA) is 111 Å². The molecule has 0 radical (unpaired) electrons. The van der Waals surface area contributed by atoms with Crippen LogP contribution in [0.1, 0.15) is 27.8 Å². The predicted octanol–water partition coefficient (Wildman–Crippen LogP) is 11.5. The van der Waals surface area contributed by atoms with Gasteiger partial charge in [0.05, 0.1) is 16.8 Å². The second-order valence-corrected chi connectivity index (χ2v) is 14.0. The van der Waals surface area contributed by atoms with Gasteiger partial charge in [0.15, 0.2) is 0 Å². The van der Waals surface area contributed by atoms with Crippen LogP contribution in [-0.2, 0) is 5.41 Å². The number of phenolic OH excluding ortho intramolecular Hbond substituents is 2. The molecule has 0 amide bonds. The second-order valence-electron chi connectivity index (χ2n) is 14.0. The fourth-order valence-corrected chi connectivity index (χ4v) is 8.13. The van der Waals surface area contributed by atoms with E-state index in [1.165, 1.54) is 12.1 Å². The second kappa shape index (κ2) is 14.1. The summed E-state index contributed by atoms with van der Waals surface area (Å²) in [5, 5.41) is 20.0. The average Bonchev–Trinajstić information content (AvgIpc) is 3.56. The molecule has 6 heteroatoms. The molecule has 0 aromatic heterocycles. The summed E-state index contributed by atoms with van der Waals surface area (Å²) in [4.78, 5) is 0. The van der Waals surface area contributed by atoms with Crippen molar-refractivity contribution >= 4 is 11.4 Å². The fraction of sp³-hybridized carbons (Fsp3) is 0.0196. The molecule has 6 N–H and O–H groups in total. The Morgan fingerprint density at radius 2 is 0.947 bits per heavy atom. The maximum atomic E-state index is 9.99. The Labute approximate surface area is 330 Å². The number of hydrogen-bond donors (Lipinski definition) is 4. The van der Waals surface area contributed by atoms with Crippen molar-refractivity contribution in [3.8, 4) is 80.2 Å². The number of fused-ring (bicyclic) bond motifs is 3. The lowest BCUT2D eigenvalue weighted by atomic mass is 9.66. The summed E-state index contributed by atoms with van der Waals surface area (Å²) in [6.45, 7) is 0. The van der Waals surface area contributed by atoms with Gasteiger partial charge in [-0.25, -0.2) is 0 Å². The molecule has 0 saturated heterocycles. The monoisotopic (exact) mass is 740 g/mol. The lowest BCUT2D eigenvalue weighted by molar-refractivity contribution is 0.466. The third kappa shape index (κ3) is 5.95. The summed E-state index contributed by atoms with van der Waals surface area (Å²) in [7, 11) is 0. The summed E-state index contributed by atoms with van der Waals surface area (Å²) in [5.41, 5.74) is 22.9. The highest BCUT2D eigenvalue weighted by molar-refractivity contribution is 6.02. The number of anilines is 2. The SMILES string of the molecule is C#Cc1ccc(-c2ccccc2)c2c1C(c1ccc(Oc3ccc(O)c(N)c3)cc1)(c1ccc(Oc3ccc(O)c(N)c3)cc1)c1cccc(-c3ccccc3)c1-2. The minimum Gasteiger partial charge on any atom is -0.506 e. The van der Waals surface area contributed by atoms with Crippen LogP contribution in [0.2, 0.25) is 0 Å². The molecular formula is C51H36N2O4. The molecule has 6 nitrogen and oxygen atoms in total. The van der Waals surface area contributed by atoms with Gasteiger partial charge in [0.2, 0.25) is 0 Å². The number of nitrogens with two attached hydrogens (primary N) is 2. The zero-order chi connectivity index (χ0) is 39.1. The Balaban J connectivity index is 1.32. The van der Waals surface area contributed by atoms with Crippen LogP contribution in [0.15, 0.2) is 176 Å². The maximum Gasteiger partial charge on any atom is 0.138 e. The molecule has 0 heterocycles. The first-order valence-electron chi connectivity index (χ1n) is 18.5. The number of hydrogen-bond acceptors (Lipinski definition) is 6. The van der Waals surface area contributed by atoms with Gasteiger partial charge in [0, 0.05) is 17.7 Å². The highest BCUT2D eigenvalue weighted by Crippen LogP contribution is 2.61. The average molecular weight is 741 g/mol. The highest BCUT2D eigenvalue weighted by Gasteiger charge is 2.49. The first-order valence-corrected chi connectivity index (χ1v) is 18.5. The van der Waals surface area contributed by atoms with Crippen molar-refractivity contribution in [2.45, 2.75) is 5.41 Å². The minimum atomic E-state index is -0.898. The molecular weight excluding hydrogens is 705 g/mol. The molecule has 274 valence electrons. The third-order valence-electron chi connectivity index (χ3n) is 10.7. The fourth-order valence-electron chi connectivity index (χ4n) is 8.13. The van der Waals surface area contributed by atoms with E-state index in [4.69, 9.17) is 27.4 Å². The summed E-state index contributed by atoms with van der Waals surface area (Å²) in [5.74, 6) is 5.29. The van der Waals surface area contributed by atoms with E-state index < -0.39 is 5.41 Å². The Bertz CT molecular complexity index is 2730. The first kappa shape index (κ1) is 34.9. The van der Waals surface area contributed by atoms with Gasteiger partial charge in [-0.15, -0.1) is 6.42 Å². The van der Waals surface area contributed by atoms with E-state index in [1.54, 1.807) is 24.3 Å². The Morgan fingerprint density at radius 1 is 0.474 bits per heavy atom. The van der Waals surface area contributed by atoms with E-state index in [-0.39, 0.29) is 22.9 Å². The van der Waals surface area contributed by atoms with Crippen LogP contribution >= 0.6 is 0 Å². The van der Waals surface area contributed by atoms with Gasteiger partial charge >= 0.3 is 0 Å². The molecule has 1 aliphatic carbocycles. The number of ether oxygens (including phenoxy) is 2. The van der Waals surface area contributed by atoms with Crippen molar-refractivity contribution in [2.75, 3.05) is 11.5 Å². The molecule has 57 heavy (non-hydrogen) atoms.